The number of aliphatic imine (C=N–C) groups is 1. The molecule has 0 radical (unpaired) electrons. The van der Waals surface area contributed by atoms with Crippen molar-refractivity contribution in [3.05, 3.63) is 0 Å². The maximum absolute atomic E-state index is 12.3. The molecule has 1 saturated heterocycles. The van der Waals surface area contributed by atoms with E-state index < -0.39 is 10.0 Å². The molecule has 23 heavy (non-hydrogen) atoms. The van der Waals surface area contributed by atoms with E-state index in [2.05, 4.69) is 15.2 Å². The molecule has 0 spiro atoms. The molecule has 0 aromatic carbocycles. The van der Waals surface area contributed by atoms with Crippen molar-refractivity contribution in [2.75, 3.05) is 65.8 Å². The minimum absolute atomic E-state index is 0.0337. The summed E-state index contributed by atoms with van der Waals surface area (Å²) in [4.78, 5) is 6.29. The van der Waals surface area contributed by atoms with Gasteiger partial charge in [0.2, 0.25) is 10.0 Å². The van der Waals surface area contributed by atoms with Gasteiger partial charge in [0, 0.05) is 46.9 Å². The molecule has 136 valence electrons. The van der Waals surface area contributed by atoms with Gasteiger partial charge < -0.3 is 19.7 Å². The maximum Gasteiger partial charge on any atom is 0.216 e. The Labute approximate surface area is 139 Å². The van der Waals surface area contributed by atoms with Gasteiger partial charge in [0.25, 0.3) is 0 Å². The van der Waals surface area contributed by atoms with Crippen LogP contribution in [0.3, 0.4) is 0 Å². The SMILES string of the molecule is CN=C(NCCOC)N1CCN(S(=O)(=O)CCOC(C)C)CC1. The summed E-state index contributed by atoms with van der Waals surface area (Å²) in [5.74, 6) is 0.814. The molecule has 0 saturated carbocycles. The Balaban J connectivity index is 2.44. The first-order valence-electron chi connectivity index (χ1n) is 7.94. The van der Waals surface area contributed by atoms with E-state index in [0.29, 0.717) is 39.3 Å². The molecule has 1 fully saturated rings. The number of sulfonamides is 1. The van der Waals surface area contributed by atoms with Gasteiger partial charge in [0.1, 0.15) is 0 Å². The van der Waals surface area contributed by atoms with Crippen molar-refractivity contribution in [1.29, 1.82) is 0 Å². The Morgan fingerprint density at radius 1 is 1.22 bits per heavy atom. The molecule has 0 atom stereocenters. The van der Waals surface area contributed by atoms with Crippen LogP contribution in [0.5, 0.6) is 0 Å². The summed E-state index contributed by atoms with van der Waals surface area (Å²) < 4.78 is 36.5. The average Bonchev–Trinajstić information content (AvgIpc) is 2.51. The molecular formula is C14H30N4O4S. The summed E-state index contributed by atoms with van der Waals surface area (Å²) in [5, 5.41) is 3.20. The Kier molecular flexibility index (Phi) is 8.82. The Morgan fingerprint density at radius 3 is 2.39 bits per heavy atom. The van der Waals surface area contributed by atoms with Gasteiger partial charge in [-0.25, -0.2) is 8.42 Å². The van der Waals surface area contributed by atoms with E-state index in [1.807, 2.05) is 13.8 Å². The van der Waals surface area contributed by atoms with Crippen LogP contribution >= 0.6 is 0 Å². The quantitative estimate of drug-likeness (QED) is 0.364. The number of hydrogen-bond donors (Lipinski definition) is 1. The zero-order chi connectivity index (χ0) is 17.3. The highest BCUT2D eigenvalue weighted by molar-refractivity contribution is 7.89. The lowest BCUT2D eigenvalue weighted by Crippen LogP contribution is -2.54. The lowest BCUT2D eigenvalue weighted by atomic mass is 10.4. The van der Waals surface area contributed by atoms with Gasteiger partial charge >= 0.3 is 0 Å². The van der Waals surface area contributed by atoms with Crippen molar-refractivity contribution in [1.82, 2.24) is 14.5 Å². The first kappa shape index (κ1) is 20.1. The first-order valence-corrected chi connectivity index (χ1v) is 9.55. The molecule has 1 aliphatic heterocycles. The Hall–Kier alpha value is -0.900. The predicted octanol–water partition coefficient (Wildman–Crippen LogP) is -0.419. The molecule has 0 aromatic heterocycles. The van der Waals surface area contributed by atoms with Crippen LogP contribution < -0.4 is 5.32 Å². The topological polar surface area (TPSA) is 83.5 Å². The molecular weight excluding hydrogens is 320 g/mol. The van der Waals surface area contributed by atoms with Crippen molar-refractivity contribution in [3.63, 3.8) is 0 Å². The Bertz CT molecular complexity index is 459. The normalized spacial score (nSPS) is 17.8. The molecule has 0 aliphatic carbocycles. The van der Waals surface area contributed by atoms with Crippen molar-refractivity contribution in [2.45, 2.75) is 20.0 Å². The molecule has 0 amide bonds. The second kappa shape index (κ2) is 10.1. The molecule has 0 unspecified atom stereocenters. The van der Waals surface area contributed by atoms with Crippen molar-refractivity contribution in [3.8, 4) is 0 Å². The monoisotopic (exact) mass is 350 g/mol. The van der Waals surface area contributed by atoms with Gasteiger partial charge in [-0.05, 0) is 13.8 Å². The average molecular weight is 350 g/mol. The van der Waals surface area contributed by atoms with Gasteiger partial charge in [0.15, 0.2) is 5.96 Å². The van der Waals surface area contributed by atoms with Crippen molar-refractivity contribution >= 4 is 16.0 Å². The van der Waals surface area contributed by atoms with Gasteiger partial charge in [0.05, 0.1) is 25.1 Å². The smallest absolute Gasteiger partial charge is 0.216 e. The van der Waals surface area contributed by atoms with E-state index in [-0.39, 0.29) is 18.5 Å². The zero-order valence-corrected chi connectivity index (χ0v) is 15.4. The minimum Gasteiger partial charge on any atom is -0.383 e. The van der Waals surface area contributed by atoms with Gasteiger partial charge in [-0.2, -0.15) is 4.31 Å². The summed E-state index contributed by atoms with van der Waals surface area (Å²) in [6.07, 6.45) is 0.0450. The van der Waals surface area contributed by atoms with E-state index in [4.69, 9.17) is 9.47 Å². The van der Waals surface area contributed by atoms with E-state index in [1.165, 1.54) is 4.31 Å². The highest BCUT2D eigenvalue weighted by atomic mass is 32.2. The fourth-order valence-corrected chi connectivity index (χ4v) is 3.58. The summed E-state index contributed by atoms with van der Waals surface area (Å²) in [6.45, 7) is 7.48. The lowest BCUT2D eigenvalue weighted by Gasteiger charge is -2.35. The standard InChI is InChI=1S/C14H30N4O4S/c1-13(2)22-11-12-23(19,20)18-8-6-17(7-9-18)14(15-3)16-5-10-21-4/h13H,5-12H2,1-4H3,(H,15,16). The largest absolute Gasteiger partial charge is 0.383 e. The third kappa shape index (κ3) is 7.03. The molecule has 1 rings (SSSR count). The molecule has 0 bridgehead atoms. The number of hydrogen-bond acceptors (Lipinski definition) is 5. The molecule has 1 aliphatic rings. The molecule has 8 nitrogen and oxygen atoms in total. The van der Waals surface area contributed by atoms with E-state index in [9.17, 15) is 8.42 Å². The van der Waals surface area contributed by atoms with Crippen molar-refractivity contribution in [2.24, 2.45) is 4.99 Å². The molecule has 1 N–H and O–H groups in total. The number of ether oxygens (including phenoxy) is 2. The highest BCUT2D eigenvalue weighted by Crippen LogP contribution is 2.09. The van der Waals surface area contributed by atoms with Crippen LogP contribution in [0.4, 0.5) is 0 Å². The van der Waals surface area contributed by atoms with Crippen LogP contribution in [0.25, 0.3) is 0 Å². The van der Waals surface area contributed by atoms with Crippen LogP contribution in [0, 0.1) is 0 Å². The van der Waals surface area contributed by atoms with Crippen LogP contribution in [0.2, 0.25) is 0 Å². The highest BCUT2D eigenvalue weighted by Gasteiger charge is 2.27. The summed E-state index contributed by atoms with van der Waals surface area (Å²) in [5.41, 5.74) is 0. The van der Waals surface area contributed by atoms with E-state index in [1.54, 1.807) is 14.2 Å². The second-order valence-corrected chi connectivity index (χ2v) is 7.68. The number of piperazine rings is 1. The van der Waals surface area contributed by atoms with Crippen LogP contribution in [-0.4, -0.2) is 95.5 Å². The summed E-state index contributed by atoms with van der Waals surface area (Å²) >= 11 is 0. The van der Waals surface area contributed by atoms with Crippen molar-refractivity contribution < 1.29 is 17.9 Å². The number of nitrogens with one attached hydrogen (secondary N) is 1. The van der Waals surface area contributed by atoms with E-state index in [0.717, 1.165) is 5.96 Å². The number of methoxy groups -OCH3 is 1. The minimum atomic E-state index is -3.25. The maximum atomic E-state index is 12.3. The van der Waals surface area contributed by atoms with Crippen LogP contribution in [0.1, 0.15) is 13.8 Å². The Morgan fingerprint density at radius 2 is 1.87 bits per heavy atom. The number of nitrogens with zero attached hydrogens (tertiary/aromatic N) is 3. The fraction of sp³-hybridized carbons (Fsp3) is 0.929. The zero-order valence-electron chi connectivity index (χ0n) is 14.6. The van der Waals surface area contributed by atoms with Crippen LogP contribution in [0.15, 0.2) is 4.99 Å². The third-order valence-corrected chi connectivity index (χ3v) is 5.36. The second-order valence-electron chi connectivity index (χ2n) is 5.59. The van der Waals surface area contributed by atoms with Gasteiger partial charge in [-0.3, -0.25) is 4.99 Å². The molecule has 0 aromatic rings. The molecule has 9 heteroatoms. The fourth-order valence-electron chi connectivity index (χ4n) is 2.29. The number of rotatable bonds is 8. The van der Waals surface area contributed by atoms with Gasteiger partial charge in [-0.15, -0.1) is 0 Å². The summed E-state index contributed by atoms with van der Waals surface area (Å²) in [7, 11) is 0.119. The molecule has 1 heterocycles. The predicted molar refractivity (Wildman–Crippen MR) is 91.3 cm³/mol. The first-order chi connectivity index (χ1) is 10.9. The van der Waals surface area contributed by atoms with Crippen LogP contribution in [-0.2, 0) is 19.5 Å². The lowest BCUT2D eigenvalue weighted by molar-refractivity contribution is 0.0904. The number of guanidine groups is 1. The third-order valence-electron chi connectivity index (χ3n) is 3.53. The van der Waals surface area contributed by atoms with Gasteiger partial charge in [-0.1, -0.05) is 0 Å². The summed E-state index contributed by atoms with van der Waals surface area (Å²) in [6, 6.07) is 0. The van der Waals surface area contributed by atoms with E-state index >= 15 is 0 Å².